The highest BCUT2D eigenvalue weighted by atomic mass is 16.1. The van der Waals surface area contributed by atoms with Crippen LogP contribution in [0.15, 0.2) is 29.3 Å². The lowest BCUT2D eigenvalue weighted by Crippen LogP contribution is -2.26. The van der Waals surface area contributed by atoms with Crippen LogP contribution in [0.2, 0.25) is 0 Å². The Morgan fingerprint density at radius 2 is 1.96 bits per heavy atom. The molecule has 28 heavy (non-hydrogen) atoms. The third kappa shape index (κ3) is 3.36. The van der Waals surface area contributed by atoms with Crippen LogP contribution in [-0.4, -0.2) is 24.6 Å². The monoisotopic (exact) mass is 379 g/mol. The summed E-state index contributed by atoms with van der Waals surface area (Å²) in [6.45, 7) is 9.04. The summed E-state index contributed by atoms with van der Waals surface area (Å²) in [6.07, 6.45) is 8.74. The Labute approximate surface area is 165 Å². The molecule has 0 amide bonds. The van der Waals surface area contributed by atoms with Crippen molar-refractivity contribution in [2.24, 2.45) is 11.3 Å². The van der Waals surface area contributed by atoms with Gasteiger partial charge in [0.15, 0.2) is 11.3 Å². The first-order chi connectivity index (χ1) is 13.4. The number of aryl methyl sites for hydroxylation is 1. The lowest BCUT2D eigenvalue weighted by molar-refractivity contribution is 0.167. The summed E-state index contributed by atoms with van der Waals surface area (Å²) in [6, 6.07) is 3.75. The number of hydrogen-bond donors (Lipinski definition) is 1. The zero-order chi connectivity index (χ0) is 19.9. The summed E-state index contributed by atoms with van der Waals surface area (Å²) in [5, 5.41) is 4.78. The average molecular weight is 380 g/mol. The van der Waals surface area contributed by atoms with E-state index in [4.69, 9.17) is 10.1 Å². The van der Waals surface area contributed by atoms with Crippen LogP contribution in [0.4, 0.5) is 0 Å². The summed E-state index contributed by atoms with van der Waals surface area (Å²) in [5.74, 6) is 2.57. The van der Waals surface area contributed by atoms with Crippen molar-refractivity contribution in [2.45, 2.75) is 65.7 Å². The second kappa shape index (κ2) is 7.15. The fraction of sp³-hybridized carbons (Fsp3) is 0.545. The molecule has 4 rings (SSSR count). The van der Waals surface area contributed by atoms with E-state index in [1.807, 2.05) is 23.6 Å². The fourth-order valence-corrected chi connectivity index (χ4v) is 4.46. The Hall–Kier alpha value is -2.50. The van der Waals surface area contributed by atoms with Gasteiger partial charge in [-0.05, 0) is 55.6 Å². The smallest absolute Gasteiger partial charge is 0.277 e. The van der Waals surface area contributed by atoms with Gasteiger partial charge in [-0.15, -0.1) is 5.10 Å². The van der Waals surface area contributed by atoms with Crippen LogP contribution in [-0.2, 0) is 6.42 Å². The molecule has 1 N–H and O–H groups in total. The van der Waals surface area contributed by atoms with Crippen LogP contribution in [0, 0.1) is 11.3 Å². The van der Waals surface area contributed by atoms with Gasteiger partial charge in [0.1, 0.15) is 5.82 Å². The molecule has 148 valence electrons. The van der Waals surface area contributed by atoms with Crippen LogP contribution >= 0.6 is 0 Å². The molecule has 1 aliphatic carbocycles. The minimum atomic E-state index is -0.132. The number of imidazole rings is 1. The predicted octanol–water partition coefficient (Wildman–Crippen LogP) is 4.36. The van der Waals surface area contributed by atoms with Crippen molar-refractivity contribution in [1.29, 1.82) is 0 Å². The first-order valence-corrected chi connectivity index (χ1v) is 10.3. The minimum Gasteiger partial charge on any atom is -0.303 e. The number of fused-ring (bicyclic) bond motifs is 1. The van der Waals surface area contributed by atoms with Crippen molar-refractivity contribution in [3.63, 3.8) is 0 Å². The molecule has 6 heteroatoms. The summed E-state index contributed by atoms with van der Waals surface area (Å²) < 4.78 is 1.81. The second-order valence-corrected chi connectivity index (χ2v) is 8.99. The molecular formula is C22H29N5O. The molecule has 1 fully saturated rings. The Balaban J connectivity index is 1.77. The van der Waals surface area contributed by atoms with Crippen molar-refractivity contribution >= 4 is 5.52 Å². The number of hydrogen-bond acceptors (Lipinski definition) is 4. The molecule has 0 spiro atoms. The van der Waals surface area contributed by atoms with E-state index in [-0.39, 0.29) is 5.56 Å². The van der Waals surface area contributed by atoms with Gasteiger partial charge in [0, 0.05) is 23.9 Å². The molecule has 0 unspecified atom stereocenters. The van der Waals surface area contributed by atoms with Crippen LogP contribution in [0.5, 0.6) is 0 Å². The molecule has 3 aromatic heterocycles. The molecule has 0 atom stereocenters. The van der Waals surface area contributed by atoms with E-state index in [1.54, 1.807) is 12.4 Å². The summed E-state index contributed by atoms with van der Waals surface area (Å²) in [5.41, 5.74) is 2.43. The molecule has 0 aliphatic heterocycles. The van der Waals surface area contributed by atoms with E-state index in [2.05, 4.69) is 30.7 Å². The molecule has 6 nitrogen and oxygen atoms in total. The number of pyridine rings is 1. The van der Waals surface area contributed by atoms with Gasteiger partial charge in [0.2, 0.25) is 0 Å². The Bertz CT molecular complexity index is 1020. The van der Waals surface area contributed by atoms with E-state index in [0.29, 0.717) is 22.7 Å². The lowest BCUT2D eigenvalue weighted by atomic mass is 9.70. The Kier molecular flexibility index (Phi) is 4.81. The van der Waals surface area contributed by atoms with Gasteiger partial charge in [0.05, 0.1) is 5.69 Å². The Morgan fingerprint density at radius 3 is 2.57 bits per heavy atom. The number of rotatable bonds is 3. The zero-order valence-electron chi connectivity index (χ0n) is 17.2. The average Bonchev–Trinajstić information content (AvgIpc) is 3.07. The normalized spacial score (nSPS) is 20.6. The number of H-pyrrole nitrogens is 1. The quantitative estimate of drug-likeness (QED) is 0.733. The van der Waals surface area contributed by atoms with Gasteiger partial charge in [-0.25, -0.2) is 9.50 Å². The standard InChI is InChI=1S/C22H29N5O/c1-5-17-18-21(28)25-19(15-7-6-12-23-13-15)26-27(18)20(24-17)14-8-10-16(11-9-14)22(2,3)4/h6-7,12-14,16H,5,8-11H2,1-4H3,(H,25,26,28). The first-order valence-electron chi connectivity index (χ1n) is 10.3. The molecule has 0 radical (unpaired) electrons. The number of nitrogens with zero attached hydrogens (tertiary/aromatic N) is 4. The highest BCUT2D eigenvalue weighted by Gasteiger charge is 2.32. The van der Waals surface area contributed by atoms with Crippen LogP contribution < -0.4 is 5.56 Å². The summed E-state index contributed by atoms with van der Waals surface area (Å²) in [7, 11) is 0. The van der Waals surface area contributed by atoms with Gasteiger partial charge in [0.25, 0.3) is 5.56 Å². The second-order valence-electron chi connectivity index (χ2n) is 8.99. The SMILES string of the molecule is CCc1nc(C2CCC(C(C)(C)C)CC2)n2nc(-c3cccnc3)[nH]c(=O)c12. The fourth-order valence-electron chi connectivity index (χ4n) is 4.46. The highest BCUT2D eigenvalue weighted by Crippen LogP contribution is 2.43. The van der Waals surface area contributed by atoms with E-state index >= 15 is 0 Å². The van der Waals surface area contributed by atoms with E-state index in [0.717, 1.165) is 42.3 Å². The first kappa shape index (κ1) is 18.8. The molecule has 3 heterocycles. The van der Waals surface area contributed by atoms with Crippen LogP contribution in [0.25, 0.3) is 16.9 Å². The van der Waals surface area contributed by atoms with E-state index < -0.39 is 0 Å². The Morgan fingerprint density at radius 1 is 1.21 bits per heavy atom. The zero-order valence-corrected chi connectivity index (χ0v) is 17.2. The molecule has 1 saturated carbocycles. The van der Waals surface area contributed by atoms with Gasteiger partial charge in [-0.2, -0.15) is 0 Å². The van der Waals surface area contributed by atoms with Crippen molar-refractivity contribution in [1.82, 2.24) is 24.6 Å². The number of nitrogens with one attached hydrogen (secondary N) is 1. The maximum Gasteiger partial charge on any atom is 0.277 e. The molecule has 0 saturated heterocycles. The van der Waals surface area contributed by atoms with Gasteiger partial charge < -0.3 is 4.98 Å². The molecule has 1 aliphatic rings. The molecule has 3 aromatic rings. The molecule has 0 bridgehead atoms. The molecule has 0 aromatic carbocycles. The van der Waals surface area contributed by atoms with Crippen LogP contribution in [0.1, 0.15) is 70.8 Å². The van der Waals surface area contributed by atoms with E-state index in [1.165, 1.54) is 12.8 Å². The van der Waals surface area contributed by atoms with Crippen molar-refractivity contribution in [2.75, 3.05) is 0 Å². The third-order valence-electron chi connectivity index (χ3n) is 6.19. The third-order valence-corrected chi connectivity index (χ3v) is 6.19. The topological polar surface area (TPSA) is 75.9 Å². The summed E-state index contributed by atoms with van der Waals surface area (Å²) >= 11 is 0. The predicted molar refractivity (Wildman–Crippen MR) is 110 cm³/mol. The number of aromatic nitrogens is 5. The maximum atomic E-state index is 12.9. The maximum absolute atomic E-state index is 12.9. The van der Waals surface area contributed by atoms with Gasteiger partial charge in [-0.1, -0.05) is 27.7 Å². The van der Waals surface area contributed by atoms with Gasteiger partial charge >= 0.3 is 0 Å². The minimum absolute atomic E-state index is 0.132. The summed E-state index contributed by atoms with van der Waals surface area (Å²) in [4.78, 5) is 24.8. The van der Waals surface area contributed by atoms with Crippen LogP contribution in [0.3, 0.4) is 0 Å². The van der Waals surface area contributed by atoms with Crippen molar-refractivity contribution in [3.05, 3.63) is 46.4 Å². The largest absolute Gasteiger partial charge is 0.303 e. The number of aromatic amines is 1. The van der Waals surface area contributed by atoms with Crippen molar-refractivity contribution in [3.8, 4) is 11.4 Å². The van der Waals surface area contributed by atoms with E-state index in [9.17, 15) is 4.79 Å². The highest BCUT2D eigenvalue weighted by molar-refractivity contribution is 5.57. The van der Waals surface area contributed by atoms with Gasteiger partial charge in [-0.3, -0.25) is 9.78 Å². The van der Waals surface area contributed by atoms with Crippen molar-refractivity contribution < 1.29 is 0 Å². The lowest BCUT2D eigenvalue weighted by Gasteiger charge is -2.36. The molecular weight excluding hydrogens is 350 g/mol.